The first-order valence-corrected chi connectivity index (χ1v) is 8.89. The number of benzene rings is 1. The molecule has 3 rings (SSSR count). The van der Waals surface area contributed by atoms with Gasteiger partial charge in [-0.25, -0.2) is 0 Å². The Labute approximate surface area is 125 Å². The molecule has 0 N–H and O–H groups in total. The summed E-state index contributed by atoms with van der Waals surface area (Å²) < 4.78 is 0. The number of hydrogen-bond donors (Lipinski definition) is 0. The smallest absolute Gasteiger partial charge is 0.0237 e. The first-order chi connectivity index (χ1) is 9.36. The van der Waals surface area contributed by atoms with Gasteiger partial charge in [-0.05, 0) is 48.8 Å². The summed E-state index contributed by atoms with van der Waals surface area (Å²) in [4.78, 5) is 2.69. The second kappa shape index (κ2) is 6.41. The molecule has 2 aliphatic carbocycles. The molecule has 1 fully saturated rings. The van der Waals surface area contributed by atoms with E-state index in [4.69, 9.17) is 0 Å². The van der Waals surface area contributed by atoms with Crippen LogP contribution in [0.25, 0.3) is 0 Å². The second-order valence-corrected chi connectivity index (χ2v) is 6.85. The quantitative estimate of drug-likeness (QED) is 0.730. The lowest BCUT2D eigenvalue weighted by molar-refractivity contribution is 0.202. The molecule has 1 nitrogen and oxygen atoms in total. The Morgan fingerprint density at radius 2 is 1.84 bits per heavy atom. The summed E-state index contributed by atoms with van der Waals surface area (Å²) in [6.45, 7) is 2.32. The lowest BCUT2D eigenvalue weighted by atomic mass is 10.1. The average molecular weight is 322 g/mol. The predicted molar refractivity (Wildman–Crippen MR) is 84.9 cm³/mol. The van der Waals surface area contributed by atoms with Gasteiger partial charge >= 0.3 is 0 Å². The van der Waals surface area contributed by atoms with Crippen molar-refractivity contribution in [2.24, 2.45) is 0 Å². The highest BCUT2D eigenvalue weighted by atomic mass is 79.9. The van der Waals surface area contributed by atoms with Gasteiger partial charge in [0.05, 0.1) is 0 Å². The lowest BCUT2D eigenvalue weighted by Crippen LogP contribution is -2.34. The van der Waals surface area contributed by atoms with Crippen molar-refractivity contribution in [1.29, 1.82) is 0 Å². The Balaban J connectivity index is 1.70. The van der Waals surface area contributed by atoms with Gasteiger partial charge in [-0.1, -0.05) is 47.0 Å². The zero-order chi connectivity index (χ0) is 13.1. The molecule has 1 aromatic carbocycles. The Bertz CT molecular complexity index is 423. The summed E-state index contributed by atoms with van der Waals surface area (Å²) in [5.74, 6) is 0. The zero-order valence-electron chi connectivity index (χ0n) is 11.7. The van der Waals surface area contributed by atoms with Crippen molar-refractivity contribution < 1.29 is 0 Å². The van der Waals surface area contributed by atoms with Crippen molar-refractivity contribution in [1.82, 2.24) is 4.90 Å². The fourth-order valence-corrected chi connectivity index (χ4v) is 4.18. The van der Waals surface area contributed by atoms with E-state index in [1.807, 2.05) is 0 Å². The largest absolute Gasteiger partial charge is 0.295 e. The third-order valence-corrected chi connectivity index (χ3v) is 5.12. The number of rotatable bonds is 5. The molecular weight excluding hydrogens is 298 g/mol. The minimum atomic E-state index is 0.825. The van der Waals surface area contributed by atoms with Crippen molar-refractivity contribution >= 4 is 15.9 Å². The zero-order valence-corrected chi connectivity index (χ0v) is 13.3. The number of hydrogen-bond acceptors (Lipinski definition) is 1. The Morgan fingerprint density at radius 1 is 1.05 bits per heavy atom. The highest BCUT2D eigenvalue weighted by molar-refractivity contribution is 9.09. The van der Waals surface area contributed by atoms with E-state index in [1.165, 1.54) is 57.1 Å². The van der Waals surface area contributed by atoms with Gasteiger partial charge in [0, 0.05) is 24.5 Å². The van der Waals surface area contributed by atoms with E-state index in [1.54, 1.807) is 11.1 Å². The number of aryl methyl sites for hydroxylation is 2. The number of nitrogens with zero attached hydrogens (tertiary/aromatic N) is 1. The average Bonchev–Trinajstić information content (AvgIpc) is 3.09. The maximum Gasteiger partial charge on any atom is 0.0237 e. The summed E-state index contributed by atoms with van der Waals surface area (Å²) in [6, 6.07) is 8.03. The summed E-state index contributed by atoms with van der Waals surface area (Å²) >= 11 is 3.62. The van der Waals surface area contributed by atoms with Crippen LogP contribution in [-0.2, 0) is 19.4 Å². The van der Waals surface area contributed by atoms with Crippen LogP contribution in [0.4, 0.5) is 0 Å². The van der Waals surface area contributed by atoms with Crippen LogP contribution >= 0.6 is 15.9 Å². The van der Waals surface area contributed by atoms with Gasteiger partial charge in [-0.15, -0.1) is 0 Å². The molecule has 0 radical (unpaired) electrons. The molecule has 2 aliphatic rings. The van der Waals surface area contributed by atoms with Crippen molar-refractivity contribution in [3.63, 3.8) is 0 Å². The minimum absolute atomic E-state index is 0.825. The predicted octanol–water partition coefficient (Wildman–Crippen LogP) is 4.31. The molecule has 1 aromatic rings. The van der Waals surface area contributed by atoms with E-state index in [0.717, 1.165) is 17.9 Å². The van der Waals surface area contributed by atoms with Gasteiger partial charge in [0.1, 0.15) is 0 Å². The molecule has 19 heavy (non-hydrogen) atoms. The van der Waals surface area contributed by atoms with Crippen LogP contribution in [0.1, 0.15) is 48.8 Å². The fourth-order valence-electron chi connectivity index (χ4n) is 3.73. The monoisotopic (exact) mass is 321 g/mol. The Hall–Kier alpha value is -0.340. The molecule has 0 amide bonds. The van der Waals surface area contributed by atoms with E-state index < -0.39 is 0 Å². The van der Waals surface area contributed by atoms with Gasteiger partial charge in [0.25, 0.3) is 0 Å². The Kier molecular flexibility index (Phi) is 4.60. The van der Waals surface area contributed by atoms with Crippen LogP contribution in [0.3, 0.4) is 0 Å². The van der Waals surface area contributed by atoms with E-state index >= 15 is 0 Å². The molecule has 0 bridgehead atoms. The number of alkyl halides is 1. The molecule has 0 saturated heterocycles. The Morgan fingerprint density at radius 3 is 2.63 bits per heavy atom. The third-order valence-electron chi connectivity index (χ3n) is 4.76. The number of fused-ring (bicyclic) bond motifs is 1. The summed E-state index contributed by atoms with van der Waals surface area (Å²) in [7, 11) is 0. The van der Waals surface area contributed by atoms with Crippen LogP contribution in [0.5, 0.6) is 0 Å². The van der Waals surface area contributed by atoms with E-state index in [0.29, 0.717) is 0 Å². The van der Waals surface area contributed by atoms with Crippen LogP contribution in [0, 0.1) is 0 Å². The van der Waals surface area contributed by atoms with Gasteiger partial charge in [0.2, 0.25) is 0 Å². The van der Waals surface area contributed by atoms with E-state index in [9.17, 15) is 0 Å². The standard InChI is InChI=1S/C17H24BrN/c18-10-11-19(17-6-1-2-7-17)13-14-8-9-15-4-3-5-16(15)12-14/h8-9,12,17H,1-7,10-11,13H2. The minimum Gasteiger partial charge on any atom is -0.295 e. The van der Waals surface area contributed by atoms with Crippen LogP contribution in [-0.4, -0.2) is 22.8 Å². The third kappa shape index (κ3) is 3.22. The molecule has 2 heteroatoms. The maximum atomic E-state index is 3.62. The molecule has 0 unspecified atom stereocenters. The van der Waals surface area contributed by atoms with Crippen LogP contribution in [0.2, 0.25) is 0 Å². The second-order valence-electron chi connectivity index (χ2n) is 6.05. The normalized spacial score (nSPS) is 19.3. The molecule has 0 heterocycles. The highest BCUT2D eigenvalue weighted by Crippen LogP contribution is 2.27. The number of halogens is 1. The van der Waals surface area contributed by atoms with E-state index in [2.05, 4.69) is 39.0 Å². The molecular formula is C17H24BrN. The fraction of sp³-hybridized carbons (Fsp3) is 0.647. The van der Waals surface area contributed by atoms with Crippen molar-refractivity contribution in [3.05, 3.63) is 34.9 Å². The first-order valence-electron chi connectivity index (χ1n) is 7.77. The molecule has 0 aliphatic heterocycles. The van der Waals surface area contributed by atoms with E-state index in [-0.39, 0.29) is 0 Å². The highest BCUT2D eigenvalue weighted by Gasteiger charge is 2.22. The van der Waals surface area contributed by atoms with Gasteiger partial charge in [0.15, 0.2) is 0 Å². The molecule has 0 aromatic heterocycles. The van der Waals surface area contributed by atoms with Crippen molar-refractivity contribution in [3.8, 4) is 0 Å². The molecule has 104 valence electrons. The van der Waals surface area contributed by atoms with Crippen molar-refractivity contribution in [2.75, 3.05) is 11.9 Å². The van der Waals surface area contributed by atoms with Gasteiger partial charge in [-0.3, -0.25) is 4.90 Å². The summed E-state index contributed by atoms with van der Waals surface area (Å²) in [5, 5.41) is 1.09. The van der Waals surface area contributed by atoms with Gasteiger partial charge < -0.3 is 0 Å². The SMILES string of the molecule is BrCCN(Cc1ccc2c(c1)CCC2)C1CCCC1. The summed E-state index contributed by atoms with van der Waals surface area (Å²) in [6.07, 6.45) is 9.60. The molecule has 0 spiro atoms. The van der Waals surface area contributed by atoms with Gasteiger partial charge in [-0.2, -0.15) is 0 Å². The topological polar surface area (TPSA) is 3.24 Å². The molecule has 1 saturated carbocycles. The summed E-state index contributed by atoms with van der Waals surface area (Å²) in [5.41, 5.74) is 4.73. The molecule has 0 atom stereocenters. The van der Waals surface area contributed by atoms with Crippen LogP contribution in [0.15, 0.2) is 18.2 Å². The van der Waals surface area contributed by atoms with Crippen LogP contribution < -0.4 is 0 Å². The van der Waals surface area contributed by atoms with Crippen molar-refractivity contribution in [2.45, 2.75) is 57.5 Å². The maximum absolute atomic E-state index is 3.62. The lowest BCUT2D eigenvalue weighted by Gasteiger charge is -2.28. The first kappa shape index (κ1) is 13.6.